The normalized spacial score (nSPS) is 11.2. The van der Waals surface area contributed by atoms with Gasteiger partial charge < -0.3 is 10.1 Å². The van der Waals surface area contributed by atoms with E-state index in [2.05, 4.69) is 10.1 Å². The number of hydrogen-bond acceptors (Lipinski definition) is 2. The number of ether oxygens (including phenoxy) is 1. The van der Waals surface area contributed by atoms with Crippen LogP contribution in [0.4, 0.5) is 23.2 Å². The average molecular weight is 382 g/mol. The maximum absolute atomic E-state index is 13.7. The largest absolute Gasteiger partial charge is 0.482 e. The molecule has 0 aliphatic rings. The molecule has 3 nitrogen and oxygen atoms in total. The third kappa shape index (κ3) is 5.01. The number of carbonyl (C=O) groups excluding carboxylic acids is 1. The topological polar surface area (TPSA) is 38.3 Å². The molecule has 0 saturated heterocycles. The van der Waals surface area contributed by atoms with Crippen LogP contribution >= 0.6 is 23.2 Å². The molecule has 0 saturated carbocycles. The van der Waals surface area contributed by atoms with Gasteiger partial charge in [-0.25, -0.2) is 4.39 Å². The van der Waals surface area contributed by atoms with Crippen LogP contribution < -0.4 is 10.1 Å². The van der Waals surface area contributed by atoms with Gasteiger partial charge >= 0.3 is 6.18 Å². The number of nitrogens with one attached hydrogen (secondary N) is 1. The van der Waals surface area contributed by atoms with Gasteiger partial charge in [-0.1, -0.05) is 23.2 Å². The minimum Gasteiger partial charge on any atom is -0.482 e. The summed E-state index contributed by atoms with van der Waals surface area (Å²) in [4.78, 5) is 12.1. The fourth-order valence-corrected chi connectivity index (χ4v) is 2.08. The standard InChI is InChI=1S/C15H9Cl2F4NO2/c16-8-1-3-10(11(18)5-8)14(23)22-12-6-9(17)2-4-13(12)24-7-15(19,20)21/h1-6H,7H2,(H,22,23). The minimum absolute atomic E-state index is 0.0982. The Hall–Kier alpha value is -1.99. The van der Waals surface area contributed by atoms with Crippen molar-refractivity contribution in [3.8, 4) is 5.75 Å². The van der Waals surface area contributed by atoms with Gasteiger partial charge in [0.25, 0.3) is 5.91 Å². The molecule has 0 bridgehead atoms. The van der Waals surface area contributed by atoms with E-state index >= 15 is 0 Å². The lowest BCUT2D eigenvalue weighted by Gasteiger charge is -2.14. The Bertz CT molecular complexity index is 766. The first-order chi connectivity index (χ1) is 11.2. The summed E-state index contributed by atoms with van der Waals surface area (Å²) in [6.45, 7) is -1.55. The van der Waals surface area contributed by atoms with Gasteiger partial charge in [-0.2, -0.15) is 13.2 Å². The lowest BCUT2D eigenvalue weighted by Crippen LogP contribution is -2.20. The van der Waals surface area contributed by atoms with Crippen LogP contribution in [0.1, 0.15) is 10.4 Å². The molecule has 0 spiro atoms. The van der Waals surface area contributed by atoms with Crippen LogP contribution in [0.3, 0.4) is 0 Å². The monoisotopic (exact) mass is 381 g/mol. The molecule has 2 rings (SSSR count). The zero-order chi connectivity index (χ0) is 17.9. The van der Waals surface area contributed by atoms with Crippen molar-refractivity contribution in [2.75, 3.05) is 11.9 Å². The Balaban J connectivity index is 2.24. The molecular weight excluding hydrogens is 373 g/mol. The zero-order valence-corrected chi connectivity index (χ0v) is 13.3. The van der Waals surface area contributed by atoms with Gasteiger partial charge in [-0.15, -0.1) is 0 Å². The van der Waals surface area contributed by atoms with Gasteiger partial charge in [0.15, 0.2) is 6.61 Å². The Morgan fingerprint density at radius 1 is 1.08 bits per heavy atom. The summed E-state index contributed by atoms with van der Waals surface area (Å²) >= 11 is 11.4. The second-order valence-corrected chi connectivity index (χ2v) is 5.50. The fourth-order valence-electron chi connectivity index (χ4n) is 1.75. The van der Waals surface area contributed by atoms with E-state index in [-0.39, 0.29) is 27.0 Å². The molecular formula is C15H9Cl2F4NO2. The maximum atomic E-state index is 13.7. The molecule has 0 unspecified atom stereocenters. The molecule has 0 radical (unpaired) electrons. The highest BCUT2D eigenvalue weighted by Crippen LogP contribution is 2.30. The summed E-state index contributed by atoms with van der Waals surface area (Å²) in [5, 5.41) is 2.52. The molecule has 9 heteroatoms. The maximum Gasteiger partial charge on any atom is 0.422 e. The Morgan fingerprint density at radius 2 is 1.71 bits per heavy atom. The van der Waals surface area contributed by atoms with Crippen LogP contribution in [0, 0.1) is 5.82 Å². The van der Waals surface area contributed by atoms with E-state index in [1.807, 2.05) is 0 Å². The lowest BCUT2D eigenvalue weighted by atomic mass is 10.2. The Kier molecular flexibility index (Phi) is 5.56. The molecule has 24 heavy (non-hydrogen) atoms. The van der Waals surface area contributed by atoms with E-state index in [9.17, 15) is 22.4 Å². The summed E-state index contributed by atoms with van der Waals surface area (Å²) in [6, 6.07) is 7.05. The molecule has 1 amide bonds. The summed E-state index contributed by atoms with van der Waals surface area (Å²) < 4.78 is 55.2. The van der Waals surface area contributed by atoms with Crippen molar-refractivity contribution < 1.29 is 27.1 Å². The summed E-state index contributed by atoms with van der Waals surface area (Å²) in [6.07, 6.45) is -4.55. The second-order valence-electron chi connectivity index (χ2n) is 4.62. The molecule has 0 heterocycles. The van der Waals surface area contributed by atoms with E-state index in [1.165, 1.54) is 24.3 Å². The molecule has 0 aliphatic heterocycles. The fraction of sp³-hybridized carbons (Fsp3) is 0.133. The quantitative estimate of drug-likeness (QED) is 0.727. The third-order valence-electron chi connectivity index (χ3n) is 2.76. The Labute approximate surface area is 144 Å². The highest BCUT2D eigenvalue weighted by Gasteiger charge is 2.29. The third-order valence-corrected chi connectivity index (χ3v) is 3.23. The average Bonchev–Trinajstić information content (AvgIpc) is 2.45. The predicted molar refractivity (Wildman–Crippen MR) is 82.4 cm³/mol. The van der Waals surface area contributed by atoms with E-state index < -0.39 is 24.5 Å². The molecule has 0 aliphatic carbocycles. The molecule has 0 atom stereocenters. The van der Waals surface area contributed by atoms with Crippen molar-refractivity contribution >= 4 is 34.8 Å². The number of anilines is 1. The van der Waals surface area contributed by atoms with E-state index in [4.69, 9.17) is 23.2 Å². The second kappa shape index (κ2) is 7.27. The number of carbonyl (C=O) groups is 1. The van der Waals surface area contributed by atoms with Crippen LogP contribution in [0.5, 0.6) is 5.75 Å². The number of hydrogen-bond donors (Lipinski definition) is 1. The zero-order valence-electron chi connectivity index (χ0n) is 11.8. The highest BCUT2D eigenvalue weighted by molar-refractivity contribution is 6.31. The first kappa shape index (κ1) is 18.4. The highest BCUT2D eigenvalue weighted by atomic mass is 35.5. The van der Waals surface area contributed by atoms with Gasteiger partial charge in [-0.05, 0) is 36.4 Å². The Morgan fingerprint density at radius 3 is 2.33 bits per heavy atom. The first-order valence-corrected chi connectivity index (χ1v) is 7.17. The number of amides is 1. The van der Waals surface area contributed by atoms with Crippen molar-refractivity contribution in [3.05, 3.63) is 57.8 Å². The van der Waals surface area contributed by atoms with Gasteiger partial charge in [0.05, 0.1) is 11.3 Å². The molecule has 1 N–H and O–H groups in total. The van der Waals surface area contributed by atoms with E-state index in [1.54, 1.807) is 0 Å². The molecule has 2 aromatic rings. The van der Waals surface area contributed by atoms with Crippen molar-refractivity contribution in [1.82, 2.24) is 0 Å². The van der Waals surface area contributed by atoms with Gasteiger partial charge in [-0.3, -0.25) is 4.79 Å². The molecule has 0 fully saturated rings. The first-order valence-electron chi connectivity index (χ1n) is 6.41. The number of halogens is 6. The molecule has 2 aromatic carbocycles. The van der Waals surface area contributed by atoms with Crippen molar-refractivity contribution in [1.29, 1.82) is 0 Å². The summed E-state index contributed by atoms with van der Waals surface area (Å²) in [7, 11) is 0. The van der Waals surface area contributed by atoms with Crippen LogP contribution in [-0.2, 0) is 0 Å². The van der Waals surface area contributed by atoms with Gasteiger partial charge in [0, 0.05) is 10.0 Å². The van der Waals surface area contributed by atoms with Gasteiger partial charge in [0.2, 0.25) is 0 Å². The van der Waals surface area contributed by atoms with Crippen LogP contribution in [0.25, 0.3) is 0 Å². The smallest absolute Gasteiger partial charge is 0.422 e. The van der Waals surface area contributed by atoms with E-state index in [0.29, 0.717) is 0 Å². The van der Waals surface area contributed by atoms with E-state index in [0.717, 1.165) is 12.1 Å². The van der Waals surface area contributed by atoms with Gasteiger partial charge in [0.1, 0.15) is 11.6 Å². The minimum atomic E-state index is -4.55. The predicted octanol–water partition coefficient (Wildman–Crippen LogP) is 5.33. The SMILES string of the molecule is O=C(Nc1cc(Cl)ccc1OCC(F)(F)F)c1ccc(Cl)cc1F. The number of alkyl halides is 3. The van der Waals surface area contributed by atoms with Crippen molar-refractivity contribution in [2.24, 2.45) is 0 Å². The van der Waals surface area contributed by atoms with Crippen LogP contribution in [0.2, 0.25) is 10.0 Å². The molecule has 0 aromatic heterocycles. The van der Waals surface area contributed by atoms with Crippen molar-refractivity contribution in [2.45, 2.75) is 6.18 Å². The lowest BCUT2D eigenvalue weighted by molar-refractivity contribution is -0.153. The van der Waals surface area contributed by atoms with Crippen LogP contribution in [0.15, 0.2) is 36.4 Å². The van der Waals surface area contributed by atoms with Crippen molar-refractivity contribution in [3.63, 3.8) is 0 Å². The number of benzene rings is 2. The number of rotatable bonds is 4. The molecule has 128 valence electrons. The summed E-state index contributed by atoms with van der Waals surface area (Å²) in [5.41, 5.74) is -0.452. The van der Waals surface area contributed by atoms with Crippen LogP contribution in [-0.4, -0.2) is 18.7 Å². The summed E-state index contributed by atoms with van der Waals surface area (Å²) in [5.74, 6) is -2.01.